The monoisotopic (exact) mass is 728 g/mol. The number of aromatic nitrogens is 3. The number of hydrogen-bond donors (Lipinski definition) is 2. The molecule has 4 fully saturated rings. The molecule has 4 heterocycles. The van der Waals surface area contributed by atoms with Gasteiger partial charge < -0.3 is 29.3 Å². The number of phenolic OH excluding ortho intramolecular Hbond substituents is 1. The molecule has 0 radical (unpaired) electrons. The zero-order valence-corrected chi connectivity index (χ0v) is 30.5. The summed E-state index contributed by atoms with van der Waals surface area (Å²) in [4.78, 5) is 18.6. The molecule has 2 aromatic carbocycles. The molecule has 4 aliphatic rings. The summed E-state index contributed by atoms with van der Waals surface area (Å²) in [7, 11) is 1.42. The number of aromatic hydroxyl groups is 1. The number of piperidine rings is 1. The Balaban J connectivity index is 1.24. The zero-order valence-electron chi connectivity index (χ0n) is 30.5. The summed E-state index contributed by atoms with van der Waals surface area (Å²) in [6.45, 7) is 6.18. The maximum Gasteiger partial charge on any atom is 0.319 e. The number of phenols is 1. The number of pyridine rings is 1. The minimum Gasteiger partial charge on any atom is -0.508 e. The number of likely N-dealkylation sites (tertiary alicyclic amines) is 1. The average molecular weight is 729 g/mol. The third kappa shape index (κ3) is 6.18. The largest absolute Gasteiger partial charge is 0.508 e. The first-order chi connectivity index (χ1) is 25.6. The molecule has 8 rings (SSSR count). The van der Waals surface area contributed by atoms with Crippen molar-refractivity contribution in [2.75, 3.05) is 51.5 Å². The first kappa shape index (κ1) is 35.6. The molecule has 3 atom stereocenters. The van der Waals surface area contributed by atoms with Crippen molar-refractivity contribution in [2.45, 2.75) is 83.4 Å². The van der Waals surface area contributed by atoms with E-state index in [1.807, 2.05) is 18.7 Å². The van der Waals surface area contributed by atoms with E-state index >= 15 is 8.78 Å². The number of aryl methyl sites for hydroxylation is 1. The Morgan fingerprint density at radius 2 is 1.91 bits per heavy atom. The standard InChI is InChI=1S/C40H46F2N6O5/c1-4-27-29(41)9-8-23-15-25(49)16-28(31(23)27)34-33(42)35-32(37(44-34)51-3)36(47-13-14-52-20-26(50)19-47)46-38(45-35)53-22-40-10-5-7-30(40)48(12-6-11-40)24-17-39(2,18-24)21-43/h8-9,15-16,24,26,30,49-50H,4-7,10-14,17-20,22H2,1-3H3. The molecule has 4 aromatic rings. The second kappa shape index (κ2) is 13.8. The zero-order chi connectivity index (χ0) is 37.1. The number of aliphatic hydroxyl groups excluding tert-OH is 1. The predicted octanol–water partition coefficient (Wildman–Crippen LogP) is 6.30. The fourth-order valence-corrected chi connectivity index (χ4v) is 9.63. The molecule has 2 saturated heterocycles. The van der Waals surface area contributed by atoms with E-state index in [-0.39, 0.29) is 63.8 Å². The second-order valence-corrected chi connectivity index (χ2v) is 15.6. The number of nitrogens with zero attached hydrogens (tertiary/aromatic N) is 6. The highest BCUT2D eigenvalue weighted by atomic mass is 19.1. The summed E-state index contributed by atoms with van der Waals surface area (Å²) >= 11 is 0. The molecule has 2 aromatic heterocycles. The van der Waals surface area contributed by atoms with Gasteiger partial charge in [0.05, 0.1) is 44.5 Å². The quantitative estimate of drug-likeness (QED) is 0.212. The van der Waals surface area contributed by atoms with Crippen LogP contribution in [0.2, 0.25) is 0 Å². The molecule has 280 valence electrons. The topological polar surface area (TPSA) is 137 Å². The van der Waals surface area contributed by atoms with Crippen LogP contribution in [0.4, 0.5) is 14.6 Å². The Morgan fingerprint density at radius 3 is 2.68 bits per heavy atom. The van der Waals surface area contributed by atoms with Gasteiger partial charge in [0.25, 0.3) is 0 Å². The van der Waals surface area contributed by atoms with Crippen LogP contribution in [0.25, 0.3) is 32.9 Å². The van der Waals surface area contributed by atoms with Crippen molar-refractivity contribution in [1.29, 1.82) is 5.26 Å². The molecule has 13 heteroatoms. The SMILES string of the molecule is CCc1c(F)ccc2cc(O)cc(-c3nc(OC)c4c(N5CCOCC(O)C5)nc(OCC56CCCC5N(C5CC(C)(C#N)C5)CCC6)nc4c3F)c12. The van der Waals surface area contributed by atoms with Crippen LogP contribution in [0.1, 0.15) is 64.4 Å². The highest BCUT2D eigenvalue weighted by molar-refractivity contribution is 6.03. The third-order valence-corrected chi connectivity index (χ3v) is 12.2. The predicted molar refractivity (Wildman–Crippen MR) is 195 cm³/mol. The number of nitriles is 1. The summed E-state index contributed by atoms with van der Waals surface area (Å²) in [5, 5.41) is 32.3. The Morgan fingerprint density at radius 1 is 1.09 bits per heavy atom. The van der Waals surface area contributed by atoms with Crippen LogP contribution < -0.4 is 14.4 Å². The number of fused-ring (bicyclic) bond motifs is 3. The lowest BCUT2D eigenvalue weighted by Gasteiger charge is -2.54. The van der Waals surface area contributed by atoms with E-state index in [9.17, 15) is 15.5 Å². The van der Waals surface area contributed by atoms with E-state index in [4.69, 9.17) is 24.2 Å². The van der Waals surface area contributed by atoms with Crippen LogP contribution in [-0.2, 0) is 11.2 Å². The molecular formula is C40H46F2N6O5. The minimum absolute atomic E-state index is 0.0100. The molecular weight excluding hydrogens is 682 g/mol. The van der Waals surface area contributed by atoms with Crippen LogP contribution in [0.15, 0.2) is 24.3 Å². The van der Waals surface area contributed by atoms with Crippen LogP contribution in [-0.4, -0.2) is 94.8 Å². The fraction of sp³-hybridized carbons (Fsp3) is 0.550. The summed E-state index contributed by atoms with van der Waals surface area (Å²) in [5.41, 5.74) is -0.0932. The summed E-state index contributed by atoms with van der Waals surface area (Å²) in [6, 6.07) is 8.96. The van der Waals surface area contributed by atoms with Gasteiger partial charge in [-0.25, -0.2) is 13.8 Å². The van der Waals surface area contributed by atoms with E-state index in [0.29, 0.717) is 60.4 Å². The van der Waals surface area contributed by atoms with Gasteiger partial charge in [-0.1, -0.05) is 19.4 Å². The van der Waals surface area contributed by atoms with E-state index in [0.717, 1.165) is 51.5 Å². The fourth-order valence-electron chi connectivity index (χ4n) is 9.63. The van der Waals surface area contributed by atoms with Crippen molar-refractivity contribution in [1.82, 2.24) is 19.9 Å². The Labute approximate surface area is 307 Å². The Bertz CT molecular complexity index is 2100. The number of aliphatic hydroxyl groups is 1. The Hall–Kier alpha value is -4.38. The number of rotatable bonds is 8. The number of methoxy groups -OCH3 is 1. The normalized spacial score (nSPS) is 27.6. The second-order valence-electron chi connectivity index (χ2n) is 15.6. The molecule has 0 spiro atoms. The van der Waals surface area contributed by atoms with Gasteiger partial charge in [-0.2, -0.15) is 15.2 Å². The van der Waals surface area contributed by atoms with Crippen molar-refractivity contribution >= 4 is 27.5 Å². The van der Waals surface area contributed by atoms with Crippen molar-refractivity contribution in [2.24, 2.45) is 10.8 Å². The van der Waals surface area contributed by atoms with Crippen molar-refractivity contribution in [3.05, 3.63) is 41.5 Å². The lowest BCUT2D eigenvalue weighted by molar-refractivity contribution is -0.0629. The number of benzene rings is 2. The van der Waals surface area contributed by atoms with Crippen LogP contribution in [0.5, 0.6) is 17.6 Å². The number of β-amino-alcohol motifs (C(OH)–C–C–N with tert-alkyl or cyclic N) is 1. The number of ether oxygens (including phenoxy) is 3. The lowest BCUT2D eigenvalue weighted by Crippen LogP contribution is -2.60. The van der Waals surface area contributed by atoms with Gasteiger partial charge >= 0.3 is 6.01 Å². The summed E-state index contributed by atoms with van der Waals surface area (Å²) in [6.07, 6.45) is 6.38. The average Bonchev–Trinajstić information content (AvgIpc) is 3.46. The van der Waals surface area contributed by atoms with E-state index in [1.165, 1.54) is 25.3 Å². The molecule has 2 saturated carbocycles. The van der Waals surface area contributed by atoms with Crippen molar-refractivity contribution in [3.8, 4) is 35.0 Å². The highest BCUT2D eigenvalue weighted by Gasteiger charge is 2.54. The van der Waals surface area contributed by atoms with Gasteiger partial charge in [-0.3, -0.25) is 4.90 Å². The molecule has 0 amide bonds. The van der Waals surface area contributed by atoms with E-state index < -0.39 is 17.7 Å². The molecule has 3 unspecified atom stereocenters. The molecule has 53 heavy (non-hydrogen) atoms. The smallest absolute Gasteiger partial charge is 0.319 e. The van der Waals surface area contributed by atoms with Crippen LogP contribution in [0.3, 0.4) is 0 Å². The van der Waals surface area contributed by atoms with Crippen LogP contribution in [0, 0.1) is 33.8 Å². The maximum atomic E-state index is 17.3. The number of hydrogen-bond acceptors (Lipinski definition) is 11. The van der Waals surface area contributed by atoms with Gasteiger partial charge in [0, 0.05) is 36.2 Å². The van der Waals surface area contributed by atoms with Gasteiger partial charge in [-0.05, 0) is 92.9 Å². The van der Waals surface area contributed by atoms with Gasteiger partial charge in [-0.15, -0.1) is 0 Å². The van der Waals surface area contributed by atoms with Gasteiger partial charge in [0.15, 0.2) is 5.82 Å². The van der Waals surface area contributed by atoms with Crippen molar-refractivity contribution < 1.29 is 33.2 Å². The molecule has 2 aliphatic carbocycles. The summed E-state index contributed by atoms with van der Waals surface area (Å²) < 4.78 is 50.4. The minimum atomic E-state index is -0.822. The van der Waals surface area contributed by atoms with Crippen molar-refractivity contribution in [3.63, 3.8) is 0 Å². The first-order valence-corrected chi connectivity index (χ1v) is 18.8. The van der Waals surface area contributed by atoms with E-state index in [2.05, 4.69) is 16.0 Å². The van der Waals surface area contributed by atoms with Gasteiger partial charge in [0.1, 0.15) is 34.0 Å². The molecule has 2 N–H and O–H groups in total. The molecule has 0 bridgehead atoms. The van der Waals surface area contributed by atoms with E-state index in [1.54, 1.807) is 6.07 Å². The third-order valence-electron chi connectivity index (χ3n) is 12.2. The maximum absolute atomic E-state index is 17.3. The molecule has 11 nitrogen and oxygen atoms in total. The first-order valence-electron chi connectivity index (χ1n) is 18.8. The lowest BCUT2D eigenvalue weighted by atomic mass is 9.65. The van der Waals surface area contributed by atoms with Crippen LogP contribution >= 0.6 is 0 Å². The Kier molecular flexibility index (Phi) is 9.28. The number of anilines is 1. The highest BCUT2D eigenvalue weighted by Crippen LogP contribution is 2.53. The summed E-state index contributed by atoms with van der Waals surface area (Å²) in [5.74, 6) is -1.04. The van der Waals surface area contributed by atoms with Gasteiger partial charge in [0.2, 0.25) is 5.88 Å². The molecule has 2 aliphatic heterocycles. The number of halogens is 2.